The van der Waals surface area contributed by atoms with E-state index in [9.17, 15) is 9.90 Å². The lowest BCUT2D eigenvalue weighted by Crippen LogP contribution is -1.78. The monoisotopic (exact) mass is 160 g/mol. The number of hydrogen-bond donors (Lipinski definition) is 1. The zero-order chi connectivity index (χ0) is 8.97. The van der Waals surface area contributed by atoms with Crippen molar-refractivity contribution in [3.8, 4) is 17.6 Å². The van der Waals surface area contributed by atoms with Gasteiger partial charge in [-0.15, -0.1) is 0 Å². The number of phenols is 1. The Morgan fingerprint density at radius 1 is 1.50 bits per heavy atom. The van der Waals surface area contributed by atoms with Crippen LogP contribution in [0, 0.1) is 18.8 Å². The van der Waals surface area contributed by atoms with Gasteiger partial charge >= 0.3 is 0 Å². The largest absolute Gasteiger partial charge is 0.507 e. The molecule has 0 aliphatic rings. The highest BCUT2D eigenvalue weighted by Gasteiger charge is 1.95. The molecular formula is C10H8O2. The smallest absolute Gasteiger partial charge is 0.193 e. The molecule has 0 unspecified atom stereocenters. The number of phenolic OH excluding ortho intramolecular Hbond substituents is 1. The van der Waals surface area contributed by atoms with E-state index in [1.165, 1.54) is 0 Å². The summed E-state index contributed by atoms with van der Waals surface area (Å²) in [4.78, 5) is 9.92. The van der Waals surface area contributed by atoms with Crippen LogP contribution < -0.4 is 0 Å². The summed E-state index contributed by atoms with van der Waals surface area (Å²) in [5.74, 6) is 4.88. The molecule has 0 saturated carbocycles. The summed E-state index contributed by atoms with van der Waals surface area (Å²) in [5.41, 5.74) is 1.49. The van der Waals surface area contributed by atoms with E-state index in [4.69, 9.17) is 0 Å². The summed E-state index contributed by atoms with van der Waals surface area (Å²) in [6.07, 6.45) is 0.502. The minimum atomic E-state index is 0.106. The number of carbonyl (C=O) groups is 1. The lowest BCUT2D eigenvalue weighted by Gasteiger charge is -1.96. The van der Waals surface area contributed by atoms with Crippen LogP contribution in [0.2, 0.25) is 0 Å². The standard InChI is InChI=1S/C10H8O2/c1-8-4-5-10(12)9(7-8)3-2-6-11/h4-7,12H,1H3. The second kappa shape index (κ2) is 3.59. The summed E-state index contributed by atoms with van der Waals surface area (Å²) < 4.78 is 0. The normalized spacial score (nSPS) is 8.42. The third-order valence-corrected chi connectivity index (χ3v) is 1.42. The Labute approximate surface area is 70.8 Å². The van der Waals surface area contributed by atoms with Crippen LogP contribution in [0.3, 0.4) is 0 Å². The van der Waals surface area contributed by atoms with Crippen LogP contribution in [0.4, 0.5) is 0 Å². The Hall–Kier alpha value is -1.75. The summed E-state index contributed by atoms with van der Waals surface area (Å²) in [5, 5.41) is 9.24. The van der Waals surface area contributed by atoms with Gasteiger partial charge in [-0.25, -0.2) is 0 Å². The van der Waals surface area contributed by atoms with Gasteiger partial charge in [-0.1, -0.05) is 12.0 Å². The van der Waals surface area contributed by atoms with Crippen molar-refractivity contribution in [3.05, 3.63) is 29.3 Å². The minimum Gasteiger partial charge on any atom is -0.507 e. The van der Waals surface area contributed by atoms with Crippen LogP contribution in [0.5, 0.6) is 5.75 Å². The van der Waals surface area contributed by atoms with Gasteiger partial charge in [0.1, 0.15) is 5.75 Å². The maximum atomic E-state index is 9.92. The Kier molecular flexibility index (Phi) is 2.49. The Bertz CT molecular complexity index is 356. The number of aromatic hydroxyl groups is 1. The SMILES string of the molecule is Cc1ccc(O)c(C#CC=O)c1. The van der Waals surface area contributed by atoms with Crippen LogP contribution in [-0.2, 0) is 4.79 Å². The van der Waals surface area contributed by atoms with E-state index in [2.05, 4.69) is 11.8 Å². The zero-order valence-corrected chi connectivity index (χ0v) is 6.66. The molecule has 0 fully saturated rings. The summed E-state index contributed by atoms with van der Waals surface area (Å²) in [7, 11) is 0. The van der Waals surface area contributed by atoms with E-state index in [1.54, 1.807) is 18.2 Å². The average molecular weight is 160 g/mol. The molecule has 12 heavy (non-hydrogen) atoms. The third kappa shape index (κ3) is 1.86. The second-order valence-corrected chi connectivity index (χ2v) is 2.41. The van der Waals surface area contributed by atoms with Crippen LogP contribution in [0.25, 0.3) is 0 Å². The van der Waals surface area contributed by atoms with Gasteiger partial charge in [0, 0.05) is 0 Å². The molecule has 0 atom stereocenters. The molecule has 1 rings (SSSR count). The number of aryl methyl sites for hydroxylation is 1. The summed E-state index contributed by atoms with van der Waals surface area (Å²) in [6, 6.07) is 5.07. The second-order valence-electron chi connectivity index (χ2n) is 2.41. The zero-order valence-electron chi connectivity index (χ0n) is 6.66. The fourth-order valence-corrected chi connectivity index (χ4v) is 0.857. The van der Waals surface area contributed by atoms with Crippen molar-refractivity contribution >= 4 is 6.29 Å². The highest BCUT2D eigenvalue weighted by molar-refractivity contribution is 5.74. The highest BCUT2D eigenvalue weighted by atomic mass is 16.3. The number of rotatable bonds is 0. The van der Waals surface area contributed by atoms with Crippen molar-refractivity contribution in [1.82, 2.24) is 0 Å². The van der Waals surface area contributed by atoms with Gasteiger partial charge in [-0.05, 0) is 30.5 Å². The van der Waals surface area contributed by atoms with Gasteiger partial charge in [0.2, 0.25) is 0 Å². The van der Waals surface area contributed by atoms with Gasteiger partial charge in [0.05, 0.1) is 5.56 Å². The molecule has 1 aromatic carbocycles. The number of hydrogen-bond acceptors (Lipinski definition) is 2. The van der Waals surface area contributed by atoms with Crippen LogP contribution in [0.1, 0.15) is 11.1 Å². The lowest BCUT2D eigenvalue weighted by atomic mass is 10.1. The summed E-state index contributed by atoms with van der Waals surface area (Å²) >= 11 is 0. The number of benzene rings is 1. The van der Waals surface area contributed by atoms with Crippen LogP contribution in [0.15, 0.2) is 18.2 Å². The molecule has 0 aliphatic heterocycles. The van der Waals surface area contributed by atoms with E-state index >= 15 is 0 Å². The van der Waals surface area contributed by atoms with Crippen molar-refractivity contribution < 1.29 is 9.90 Å². The Morgan fingerprint density at radius 2 is 2.25 bits per heavy atom. The summed E-state index contributed by atoms with van der Waals surface area (Å²) in [6.45, 7) is 1.89. The van der Waals surface area contributed by atoms with Crippen molar-refractivity contribution in [3.63, 3.8) is 0 Å². The van der Waals surface area contributed by atoms with Gasteiger partial charge in [-0.3, -0.25) is 4.79 Å². The van der Waals surface area contributed by atoms with Crippen LogP contribution >= 0.6 is 0 Å². The Balaban J connectivity index is 3.13. The Morgan fingerprint density at radius 3 is 2.92 bits per heavy atom. The first-order valence-electron chi connectivity index (χ1n) is 3.49. The molecule has 2 nitrogen and oxygen atoms in total. The molecule has 0 heterocycles. The van der Waals surface area contributed by atoms with E-state index in [0.717, 1.165) is 5.56 Å². The van der Waals surface area contributed by atoms with E-state index in [1.807, 2.05) is 6.92 Å². The van der Waals surface area contributed by atoms with Gasteiger partial charge in [0.25, 0.3) is 0 Å². The highest BCUT2D eigenvalue weighted by Crippen LogP contribution is 2.16. The predicted molar refractivity (Wildman–Crippen MR) is 45.8 cm³/mol. The molecule has 60 valence electrons. The number of carbonyl (C=O) groups excluding carboxylic acids is 1. The fourth-order valence-electron chi connectivity index (χ4n) is 0.857. The molecule has 0 bridgehead atoms. The van der Waals surface area contributed by atoms with E-state index in [0.29, 0.717) is 11.8 Å². The maximum absolute atomic E-state index is 9.92. The molecule has 0 spiro atoms. The molecule has 2 heteroatoms. The molecule has 1 aromatic rings. The van der Waals surface area contributed by atoms with Crippen molar-refractivity contribution in [2.45, 2.75) is 6.92 Å². The lowest BCUT2D eigenvalue weighted by molar-refractivity contribution is -0.103. The molecule has 0 aromatic heterocycles. The quantitative estimate of drug-likeness (QED) is 0.458. The molecule has 0 amide bonds. The maximum Gasteiger partial charge on any atom is 0.193 e. The van der Waals surface area contributed by atoms with E-state index in [-0.39, 0.29) is 5.75 Å². The van der Waals surface area contributed by atoms with Gasteiger partial charge < -0.3 is 5.11 Å². The van der Waals surface area contributed by atoms with Crippen LogP contribution in [-0.4, -0.2) is 11.4 Å². The first-order valence-corrected chi connectivity index (χ1v) is 3.49. The minimum absolute atomic E-state index is 0.106. The predicted octanol–water partition coefficient (Wildman–Crippen LogP) is 1.25. The van der Waals surface area contributed by atoms with Crippen molar-refractivity contribution in [2.24, 2.45) is 0 Å². The van der Waals surface area contributed by atoms with E-state index < -0.39 is 0 Å². The fraction of sp³-hybridized carbons (Fsp3) is 0.100. The molecule has 0 saturated heterocycles. The first-order chi connectivity index (χ1) is 5.74. The average Bonchev–Trinajstić information content (AvgIpc) is 2.07. The molecule has 1 N–H and O–H groups in total. The van der Waals surface area contributed by atoms with Crippen molar-refractivity contribution in [2.75, 3.05) is 0 Å². The number of aldehydes is 1. The topological polar surface area (TPSA) is 37.3 Å². The van der Waals surface area contributed by atoms with Gasteiger partial charge in [0.15, 0.2) is 6.29 Å². The molecule has 0 radical (unpaired) electrons. The van der Waals surface area contributed by atoms with Crippen molar-refractivity contribution in [1.29, 1.82) is 0 Å². The first kappa shape index (κ1) is 8.35. The molecule has 0 aliphatic carbocycles. The third-order valence-electron chi connectivity index (χ3n) is 1.42. The van der Waals surface area contributed by atoms with Gasteiger partial charge in [-0.2, -0.15) is 0 Å². The molecular weight excluding hydrogens is 152 g/mol.